The molecule has 5 rings (SSSR count). The predicted octanol–water partition coefficient (Wildman–Crippen LogP) is 2.63. The molecule has 3 saturated heterocycles. The Morgan fingerprint density at radius 3 is 2.17 bits per heavy atom. The van der Waals surface area contributed by atoms with Crippen LogP contribution in [-0.2, 0) is 22.4 Å². The average Bonchev–Trinajstić information content (AvgIpc) is 3.47. The first-order chi connectivity index (χ1) is 14.8. The maximum Gasteiger partial charge on any atom is 0.223 e. The summed E-state index contributed by atoms with van der Waals surface area (Å²) in [5, 5.41) is 3.14. The van der Waals surface area contributed by atoms with Crippen LogP contribution in [0.1, 0.15) is 49.7 Å². The van der Waals surface area contributed by atoms with Gasteiger partial charge >= 0.3 is 0 Å². The maximum atomic E-state index is 12.5. The number of likely N-dealkylation sites (tertiary alicyclic amines) is 2. The van der Waals surface area contributed by atoms with Crippen LogP contribution in [0.5, 0.6) is 0 Å². The summed E-state index contributed by atoms with van der Waals surface area (Å²) in [6, 6.07) is 10.4. The van der Waals surface area contributed by atoms with Crippen molar-refractivity contribution in [3.05, 3.63) is 35.4 Å². The number of benzene rings is 1. The summed E-state index contributed by atoms with van der Waals surface area (Å²) in [6.45, 7) is 6.17. The topological polar surface area (TPSA) is 44.8 Å². The average molecular weight is 412 g/mol. The summed E-state index contributed by atoms with van der Waals surface area (Å²) in [5.41, 5.74) is 3.12. The highest BCUT2D eigenvalue weighted by molar-refractivity contribution is 5.78. The first-order valence-electron chi connectivity index (χ1n) is 12.2. The minimum absolute atomic E-state index is 0.194. The van der Waals surface area contributed by atoms with Crippen molar-refractivity contribution < 1.29 is 9.53 Å². The second kappa shape index (κ2) is 9.37. The number of carbonyl (C=O) groups is 1. The Kier molecular flexibility index (Phi) is 6.40. The molecule has 164 valence electrons. The van der Waals surface area contributed by atoms with E-state index in [0.29, 0.717) is 18.6 Å². The lowest BCUT2D eigenvalue weighted by atomic mass is 9.92. The van der Waals surface area contributed by atoms with Gasteiger partial charge in [0.25, 0.3) is 0 Å². The van der Waals surface area contributed by atoms with Crippen molar-refractivity contribution in [1.29, 1.82) is 0 Å². The molecule has 5 heteroatoms. The predicted molar refractivity (Wildman–Crippen MR) is 119 cm³/mol. The molecule has 1 atom stereocenters. The fourth-order valence-corrected chi connectivity index (χ4v) is 6.10. The van der Waals surface area contributed by atoms with Crippen molar-refractivity contribution in [3.63, 3.8) is 0 Å². The van der Waals surface area contributed by atoms with Crippen molar-refractivity contribution in [1.82, 2.24) is 15.1 Å². The number of ether oxygens (including phenoxy) is 1. The van der Waals surface area contributed by atoms with E-state index in [0.717, 1.165) is 45.4 Å². The quantitative estimate of drug-likeness (QED) is 0.809. The van der Waals surface area contributed by atoms with E-state index in [2.05, 4.69) is 39.4 Å². The lowest BCUT2D eigenvalue weighted by Crippen LogP contribution is -2.51. The number of amides is 1. The van der Waals surface area contributed by atoms with Gasteiger partial charge in [-0.3, -0.25) is 9.69 Å². The monoisotopic (exact) mass is 411 g/mol. The SMILES string of the molecule is O=C(NC[C@H]1CCCO1)C1CCN(C2CCN(C3Cc4ccccc4C3)CC2)CC1. The summed E-state index contributed by atoms with van der Waals surface area (Å²) in [4.78, 5) is 17.9. The molecule has 3 heterocycles. The smallest absolute Gasteiger partial charge is 0.223 e. The summed E-state index contributed by atoms with van der Waals surface area (Å²) in [5.74, 6) is 0.445. The third-order valence-corrected chi connectivity index (χ3v) is 7.99. The molecule has 3 aliphatic heterocycles. The van der Waals surface area contributed by atoms with Crippen LogP contribution >= 0.6 is 0 Å². The van der Waals surface area contributed by atoms with Crippen molar-refractivity contribution in [2.75, 3.05) is 39.3 Å². The zero-order valence-corrected chi connectivity index (χ0v) is 18.2. The van der Waals surface area contributed by atoms with Gasteiger partial charge in [-0.1, -0.05) is 24.3 Å². The molecule has 0 bridgehead atoms. The van der Waals surface area contributed by atoms with Gasteiger partial charge in [-0.25, -0.2) is 0 Å². The number of nitrogens with zero attached hydrogens (tertiary/aromatic N) is 2. The molecule has 0 aromatic heterocycles. The highest BCUT2D eigenvalue weighted by Crippen LogP contribution is 2.29. The number of piperidine rings is 2. The zero-order valence-electron chi connectivity index (χ0n) is 18.2. The molecule has 0 unspecified atom stereocenters. The highest BCUT2D eigenvalue weighted by atomic mass is 16.5. The number of hydrogen-bond donors (Lipinski definition) is 1. The molecule has 1 aliphatic carbocycles. The van der Waals surface area contributed by atoms with Gasteiger partial charge in [0, 0.05) is 31.2 Å². The molecule has 5 nitrogen and oxygen atoms in total. The first kappa shape index (κ1) is 20.5. The van der Waals surface area contributed by atoms with Gasteiger partial charge in [0.1, 0.15) is 0 Å². The van der Waals surface area contributed by atoms with E-state index in [1.54, 1.807) is 11.1 Å². The second-order valence-corrected chi connectivity index (χ2v) is 9.79. The van der Waals surface area contributed by atoms with Gasteiger partial charge in [0.2, 0.25) is 5.91 Å². The van der Waals surface area contributed by atoms with E-state index in [1.165, 1.54) is 38.8 Å². The van der Waals surface area contributed by atoms with Crippen LogP contribution in [0, 0.1) is 5.92 Å². The van der Waals surface area contributed by atoms with E-state index < -0.39 is 0 Å². The molecular weight excluding hydrogens is 374 g/mol. The van der Waals surface area contributed by atoms with Crippen LogP contribution in [-0.4, -0.2) is 73.2 Å². The van der Waals surface area contributed by atoms with Gasteiger partial charge in [0.15, 0.2) is 0 Å². The highest BCUT2D eigenvalue weighted by Gasteiger charge is 2.34. The summed E-state index contributed by atoms with van der Waals surface area (Å²) in [7, 11) is 0. The molecule has 0 radical (unpaired) electrons. The van der Waals surface area contributed by atoms with Crippen molar-refractivity contribution in [2.45, 2.75) is 69.6 Å². The molecular formula is C25H37N3O2. The molecule has 0 saturated carbocycles. The van der Waals surface area contributed by atoms with E-state index in [4.69, 9.17) is 4.74 Å². The number of nitrogens with one attached hydrogen (secondary N) is 1. The fraction of sp³-hybridized carbons (Fsp3) is 0.720. The van der Waals surface area contributed by atoms with E-state index in [9.17, 15) is 4.79 Å². The molecule has 30 heavy (non-hydrogen) atoms. The second-order valence-electron chi connectivity index (χ2n) is 9.79. The normalized spacial score (nSPS) is 27.4. The van der Waals surface area contributed by atoms with Gasteiger partial charge in [0.05, 0.1) is 6.10 Å². The van der Waals surface area contributed by atoms with Crippen LogP contribution < -0.4 is 5.32 Å². The summed E-state index contributed by atoms with van der Waals surface area (Å²) >= 11 is 0. The number of carbonyl (C=O) groups excluding carboxylic acids is 1. The Balaban J connectivity index is 1.03. The third-order valence-electron chi connectivity index (χ3n) is 7.99. The molecule has 1 aromatic carbocycles. The molecule has 4 aliphatic rings. The Morgan fingerprint density at radius 1 is 0.900 bits per heavy atom. The largest absolute Gasteiger partial charge is 0.376 e. The zero-order chi connectivity index (χ0) is 20.3. The minimum Gasteiger partial charge on any atom is -0.376 e. The summed E-state index contributed by atoms with van der Waals surface area (Å²) in [6.07, 6.45) is 9.50. The standard InChI is InChI=1S/C25H37N3O2/c29-25(26-18-24-6-3-15-30-24)19-7-11-27(12-8-19)22-9-13-28(14-10-22)23-16-20-4-1-2-5-21(20)17-23/h1-2,4-5,19,22-24H,3,6-18H2,(H,26,29)/t24-/m1/s1. The van der Waals surface area contributed by atoms with Crippen LogP contribution in [0.4, 0.5) is 0 Å². The van der Waals surface area contributed by atoms with Crippen LogP contribution in [0.2, 0.25) is 0 Å². The third kappa shape index (κ3) is 4.58. The molecule has 1 amide bonds. The lowest BCUT2D eigenvalue weighted by molar-refractivity contribution is -0.127. The molecule has 1 aromatic rings. The Hall–Kier alpha value is -1.43. The number of hydrogen-bond acceptors (Lipinski definition) is 4. The van der Waals surface area contributed by atoms with Gasteiger partial charge in [-0.05, 0) is 88.7 Å². The minimum atomic E-state index is 0.194. The van der Waals surface area contributed by atoms with Gasteiger partial charge in [-0.15, -0.1) is 0 Å². The van der Waals surface area contributed by atoms with Crippen molar-refractivity contribution in [2.24, 2.45) is 5.92 Å². The Bertz CT molecular complexity index is 692. The van der Waals surface area contributed by atoms with E-state index >= 15 is 0 Å². The summed E-state index contributed by atoms with van der Waals surface area (Å²) < 4.78 is 5.62. The Morgan fingerprint density at radius 2 is 1.53 bits per heavy atom. The van der Waals surface area contributed by atoms with E-state index in [1.807, 2.05) is 0 Å². The molecule has 1 N–H and O–H groups in total. The lowest BCUT2D eigenvalue weighted by Gasteiger charge is -2.43. The van der Waals surface area contributed by atoms with E-state index in [-0.39, 0.29) is 17.9 Å². The number of rotatable bonds is 5. The maximum absolute atomic E-state index is 12.5. The van der Waals surface area contributed by atoms with Crippen LogP contribution in [0.25, 0.3) is 0 Å². The number of fused-ring (bicyclic) bond motifs is 1. The van der Waals surface area contributed by atoms with Crippen LogP contribution in [0.15, 0.2) is 24.3 Å². The Labute approximate surface area is 181 Å². The fourth-order valence-electron chi connectivity index (χ4n) is 6.10. The molecule has 3 fully saturated rings. The van der Waals surface area contributed by atoms with Gasteiger partial charge < -0.3 is 15.0 Å². The van der Waals surface area contributed by atoms with Crippen molar-refractivity contribution in [3.8, 4) is 0 Å². The first-order valence-corrected chi connectivity index (χ1v) is 12.2. The van der Waals surface area contributed by atoms with Crippen molar-refractivity contribution >= 4 is 5.91 Å². The molecule has 0 spiro atoms. The van der Waals surface area contributed by atoms with Crippen LogP contribution in [0.3, 0.4) is 0 Å². The van der Waals surface area contributed by atoms with Gasteiger partial charge in [-0.2, -0.15) is 0 Å².